The van der Waals surface area contributed by atoms with Gasteiger partial charge in [0.15, 0.2) is 0 Å². The predicted octanol–water partition coefficient (Wildman–Crippen LogP) is 3.63. The third-order valence-corrected chi connectivity index (χ3v) is 6.51. The number of benzene rings is 2. The highest BCUT2D eigenvalue weighted by atomic mass is 19.4. The minimum atomic E-state index is -4.70. The third kappa shape index (κ3) is 4.17. The summed E-state index contributed by atoms with van der Waals surface area (Å²) in [6.45, 7) is 3.49. The molecule has 8 nitrogen and oxygen atoms in total. The number of carbonyl (C=O) groups is 2. The number of amides is 2. The maximum absolute atomic E-state index is 13.6. The van der Waals surface area contributed by atoms with Crippen LogP contribution in [-0.4, -0.2) is 63.4 Å². The first kappa shape index (κ1) is 22.2. The second kappa shape index (κ2) is 8.30. The van der Waals surface area contributed by atoms with Crippen molar-refractivity contribution in [3.63, 3.8) is 0 Å². The molecule has 2 aromatic carbocycles. The molecular formula is C23H22F3N5O3. The standard InChI is InChI=1S/C23H22F3N5O3/c1-13-2-4-14(5-3-13)12-34-22(33)31-10-15-8-30(9-16(15)11-31)21(32)17-6-19-20(28-29-27-19)7-18(17)23(24,25)26/h2-7,15-16H,8-12H2,1H3,(H,27,28,29). The summed E-state index contributed by atoms with van der Waals surface area (Å²) in [4.78, 5) is 28.6. The summed E-state index contributed by atoms with van der Waals surface area (Å²) in [5, 5.41) is 9.78. The van der Waals surface area contributed by atoms with Gasteiger partial charge in [0, 0.05) is 38.0 Å². The van der Waals surface area contributed by atoms with Gasteiger partial charge in [0.05, 0.1) is 11.1 Å². The van der Waals surface area contributed by atoms with Crippen molar-refractivity contribution in [3.8, 4) is 0 Å². The first-order valence-electron chi connectivity index (χ1n) is 10.9. The Labute approximate surface area is 192 Å². The number of alkyl halides is 3. The lowest BCUT2D eigenvalue weighted by Gasteiger charge is -2.23. The summed E-state index contributed by atoms with van der Waals surface area (Å²) in [7, 11) is 0. The second-order valence-electron chi connectivity index (χ2n) is 8.88. The molecule has 11 heteroatoms. The maximum Gasteiger partial charge on any atom is 0.417 e. The van der Waals surface area contributed by atoms with Crippen LogP contribution in [0.5, 0.6) is 0 Å². The molecule has 3 aromatic rings. The molecule has 5 rings (SSSR count). The van der Waals surface area contributed by atoms with Crippen LogP contribution in [0.2, 0.25) is 0 Å². The van der Waals surface area contributed by atoms with Gasteiger partial charge in [0.1, 0.15) is 17.6 Å². The van der Waals surface area contributed by atoms with Gasteiger partial charge in [-0.3, -0.25) is 4.79 Å². The number of hydrogen-bond acceptors (Lipinski definition) is 5. The van der Waals surface area contributed by atoms with Gasteiger partial charge in [-0.1, -0.05) is 29.8 Å². The Kier molecular flexibility index (Phi) is 5.41. The van der Waals surface area contributed by atoms with Crippen molar-refractivity contribution in [2.24, 2.45) is 11.8 Å². The summed E-state index contributed by atoms with van der Waals surface area (Å²) in [6, 6.07) is 9.66. The molecule has 2 atom stereocenters. The first-order chi connectivity index (χ1) is 16.2. The van der Waals surface area contributed by atoms with Crippen LogP contribution < -0.4 is 0 Å². The van der Waals surface area contributed by atoms with Gasteiger partial charge in [0.25, 0.3) is 5.91 Å². The van der Waals surface area contributed by atoms with Crippen LogP contribution in [0.4, 0.5) is 18.0 Å². The van der Waals surface area contributed by atoms with E-state index < -0.39 is 29.3 Å². The molecule has 0 bridgehead atoms. The molecule has 178 valence electrons. The van der Waals surface area contributed by atoms with Gasteiger partial charge in [-0.25, -0.2) is 4.79 Å². The van der Waals surface area contributed by atoms with Crippen LogP contribution in [0.3, 0.4) is 0 Å². The fourth-order valence-electron chi connectivity index (χ4n) is 4.70. The number of carbonyl (C=O) groups excluding carboxylic acids is 2. The minimum Gasteiger partial charge on any atom is -0.445 e. The lowest BCUT2D eigenvalue weighted by molar-refractivity contribution is -0.137. The number of aryl methyl sites for hydroxylation is 1. The third-order valence-electron chi connectivity index (χ3n) is 6.51. The zero-order valence-corrected chi connectivity index (χ0v) is 18.3. The average molecular weight is 473 g/mol. The van der Waals surface area contributed by atoms with E-state index in [2.05, 4.69) is 15.4 Å². The normalized spacial score (nSPS) is 20.1. The molecule has 2 saturated heterocycles. The van der Waals surface area contributed by atoms with Gasteiger partial charge in [-0.2, -0.15) is 28.6 Å². The molecular weight excluding hydrogens is 451 g/mol. The van der Waals surface area contributed by atoms with Crippen molar-refractivity contribution in [1.29, 1.82) is 0 Å². The molecule has 1 aromatic heterocycles. The highest BCUT2D eigenvalue weighted by molar-refractivity contribution is 5.99. The largest absolute Gasteiger partial charge is 0.445 e. The smallest absolute Gasteiger partial charge is 0.417 e. The fourth-order valence-corrected chi connectivity index (χ4v) is 4.70. The number of fused-ring (bicyclic) bond motifs is 2. The Bertz CT molecular complexity index is 1230. The lowest BCUT2D eigenvalue weighted by Crippen LogP contribution is -2.36. The van der Waals surface area contributed by atoms with Crippen molar-refractivity contribution in [2.75, 3.05) is 26.2 Å². The number of H-pyrrole nitrogens is 1. The zero-order chi connectivity index (χ0) is 24.0. The SMILES string of the molecule is Cc1ccc(COC(=O)N2CC3CN(C(=O)c4cc5n[nH]nc5cc4C(F)(F)F)CC3C2)cc1. The van der Waals surface area contributed by atoms with Gasteiger partial charge in [-0.15, -0.1) is 0 Å². The van der Waals surface area contributed by atoms with E-state index in [1.165, 1.54) is 4.90 Å². The Morgan fingerprint density at radius 3 is 2.21 bits per heavy atom. The predicted molar refractivity (Wildman–Crippen MR) is 115 cm³/mol. The summed E-state index contributed by atoms with van der Waals surface area (Å²) < 4.78 is 46.3. The number of aromatic amines is 1. The van der Waals surface area contributed by atoms with E-state index in [-0.39, 0.29) is 42.6 Å². The van der Waals surface area contributed by atoms with Crippen LogP contribution >= 0.6 is 0 Å². The Morgan fingerprint density at radius 2 is 1.59 bits per heavy atom. The highest BCUT2D eigenvalue weighted by Crippen LogP contribution is 2.37. The number of aromatic nitrogens is 3. The summed E-state index contributed by atoms with van der Waals surface area (Å²) in [5.74, 6) is -0.720. The zero-order valence-electron chi connectivity index (χ0n) is 18.3. The Hall–Kier alpha value is -3.63. The lowest BCUT2D eigenvalue weighted by atomic mass is 10.0. The number of likely N-dealkylation sites (tertiary alicyclic amines) is 2. The number of rotatable bonds is 3. The van der Waals surface area contributed by atoms with Crippen molar-refractivity contribution < 1.29 is 27.5 Å². The molecule has 2 unspecified atom stereocenters. The highest BCUT2D eigenvalue weighted by Gasteiger charge is 2.45. The van der Waals surface area contributed by atoms with Gasteiger partial charge < -0.3 is 14.5 Å². The van der Waals surface area contributed by atoms with Gasteiger partial charge in [-0.05, 0) is 24.6 Å². The fraction of sp³-hybridized carbons (Fsp3) is 0.391. The number of hydrogen-bond donors (Lipinski definition) is 1. The van der Waals surface area contributed by atoms with E-state index in [9.17, 15) is 22.8 Å². The van der Waals surface area contributed by atoms with Crippen LogP contribution in [0.25, 0.3) is 11.0 Å². The van der Waals surface area contributed by atoms with Crippen LogP contribution in [0, 0.1) is 18.8 Å². The minimum absolute atomic E-state index is 0.0130. The number of nitrogens with zero attached hydrogens (tertiary/aromatic N) is 4. The molecule has 2 aliphatic heterocycles. The first-order valence-corrected chi connectivity index (χ1v) is 10.9. The Balaban J connectivity index is 1.23. The Morgan fingerprint density at radius 1 is 1.00 bits per heavy atom. The van der Waals surface area contributed by atoms with E-state index >= 15 is 0 Å². The number of ether oxygens (including phenoxy) is 1. The summed E-state index contributed by atoms with van der Waals surface area (Å²) >= 11 is 0. The van der Waals surface area contributed by atoms with Crippen molar-refractivity contribution in [1.82, 2.24) is 25.2 Å². The monoisotopic (exact) mass is 473 g/mol. The van der Waals surface area contributed by atoms with Gasteiger partial charge in [0.2, 0.25) is 0 Å². The van der Waals surface area contributed by atoms with Gasteiger partial charge >= 0.3 is 12.3 Å². The van der Waals surface area contributed by atoms with Crippen molar-refractivity contribution >= 4 is 23.0 Å². The molecule has 1 N–H and O–H groups in total. The molecule has 34 heavy (non-hydrogen) atoms. The molecule has 0 spiro atoms. The number of nitrogens with one attached hydrogen (secondary N) is 1. The van der Waals surface area contributed by atoms with Crippen LogP contribution in [0.15, 0.2) is 36.4 Å². The molecule has 2 aliphatic rings. The van der Waals surface area contributed by atoms with Crippen LogP contribution in [-0.2, 0) is 17.5 Å². The molecule has 2 amide bonds. The molecule has 3 heterocycles. The van der Waals surface area contributed by atoms with E-state index in [0.717, 1.165) is 23.3 Å². The molecule has 0 radical (unpaired) electrons. The maximum atomic E-state index is 13.6. The van der Waals surface area contributed by atoms with E-state index in [1.807, 2.05) is 31.2 Å². The summed E-state index contributed by atoms with van der Waals surface area (Å²) in [6.07, 6.45) is -5.13. The number of halogens is 3. The van der Waals surface area contributed by atoms with E-state index in [1.54, 1.807) is 4.90 Å². The average Bonchev–Trinajstić information content (AvgIpc) is 3.51. The van der Waals surface area contributed by atoms with Crippen LogP contribution in [0.1, 0.15) is 27.0 Å². The van der Waals surface area contributed by atoms with Crippen molar-refractivity contribution in [3.05, 3.63) is 58.7 Å². The quantitative estimate of drug-likeness (QED) is 0.628. The molecule has 2 fully saturated rings. The second-order valence-corrected chi connectivity index (χ2v) is 8.88. The molecule has 0 aliphatic carbocycles. The van der Waals surface area contributed by atoms with E-state index in [4.69, 9.17) is 4.74 Å². The summed E-state index contributed by atoms with van der Waals surface area (Å²) in [5.41, 5.74) is 0.769. The molecule has 0 saturated carbocycles. The topological polar surface area (TPSA) is 91.4 Å². The van der Waals surface area contributed by atoms with Crippen molar-refractivity contribution in [2.45, 2.75) is 19.7 Å². The van der Waals surface area contributed by atoms with E-state index in [0.29, 0.717) is 13.1 Å².